The number of urea groups is 1. The normalized spacial score (nSPS) is 15.5. The molecule has 0 atom stereocenters. The molecule has 1 aliphatic heterocycles. The minimum atomic E-state index is -0.453. The zero-order valence-corrected chi connectivity index (χ0v) is 6.64. The molecular formula is C8H6FN3O. The molecule has 0 saturated heterocycles. The van der Waals surface area contributed by atoms with Crippen molar-refractivity contribution < 1.29 is 9.18 Å². The van der Waals surface area contributed by atoms with Crippen LogP contribution in [0.2, 0.25) is 0 Å². The first kappa shape index (κ1) is 7.85. The van der Waals surface area contributed by atoms with Gasteiger partial charge in [0.25, 0.3) is 0 Å². The van der Waals surface area contributed by atoms with E-state index in [1.54, 1.807) is 6.07 Å². The van der Waals surface area contributed by atoms with Crippen LogP contribution in [0, 0.1) is 5.82 Å². The monoisotopic (exact) mass is 179 g/mol. The molecule has 13 heavy (non-hydrogen) atoms. The van der Waals surface area contributed by atoms with Gasteiger partial charge in [-0.1, -0.05) is 11.2 Å². The Labute approximate surface area is 73.7 Å². The first-order valence-electron chi connectivity index (χ1n) is 3.72. The summed E-state index contributed by atoms with van der Waals surface area (Å²) in [5.41, 5.74) is 0.481. The Morgan fingerprint density at radius 2 is 2.31 bits per heavy atom. The van der Waals surface area contributed by atoms with Crippen LogP contribution in [0.5, 0.6) is 0 Å². The molecule has 1 aromatic rings. The number of hydrogen-bond donors (Lipinski definition) is 0. The van der Waals surface area contributed by atoms with Crippen molar-refractivity contribution in [3.63, 3.8) is 0 Å². The summed E-state index contributed by atoms with van der Waals surface area (Å²) in [5, 5.41) is 6.84. The third-order valence-electron chi connectivity index (χ3n) is 1.71. The van der Waals surface area contributed by atoms with E-state index < -0.39 is 6.03 Å². The number of amides is 2. The molecular weight excluding hydrogens is 173 g/mol. The lowest BCUT2D eigenvalue weighted by atomic mass is 10.3. The van der Waals surface area contributed by atoms with Crippen LogP contribution in [0.25, 0.3) is 0 Å². The molecule has 2 amide bonds. The second kappa shape index (κ2) is 2.93. The van der Waals surface area contributed by atoms with Gasteiger partial charge in [0.15, 0.2) is 0 Å². The van der Waals surface area contributed by atoms with Gasteiger partial charge in [0.1, 0.15) is 12.5 Å². The average molecular weight is 179 g/mol. The van der Waals surface area contributed by atoms with Gasteiger partial charge in [-0.15, -0.1) is 0 Å². The van der Waals surface area contributed by atoms with Crippen molar-refractivity contribution in [1.29, 1.82) is 0 Å². The Kier molecular flexibility index (Phi) is 1.77. The van der Waals surface area contributed by atoms with Crippen LogP contribution in [0.3, 0.4) is 0 Å². The fourth-order valence-corrected chi connectivity index (χ4v) is 1.11. The second-order valence-corrected chi connectivity index (χ2v) is 2.57. The van der Waals surface area contributed by atoms with Crippen molar-refractivity contribution in [2.24, 2.45) is 10.2 Å². The lowest BCUT2D eigenvalue weighted by Crippen LogP contribution is -2.23. The molecule has 0 unspecified atom stereocenters. The van der Waals surface area contributed by atoms with E-state index in [1.165, 1.54) is 23.1 Å². The minimum absolute atomic E-state index is 0.169. The van der Waals surface area contributed by atoms with Crippen LogP contribution in [0.4, 0.5) is 14.9 Å². The molecule has 4 nitrogen and oxygen atoms in total. The van der Waals surface area contributed by atoms with E-state index in [1.807, 2.05) is 0 Å². The zero-order chi connectivity index (χ0) is 9.26. The van der Waals surface area contributed by atoms with Gasteiger partial charge in [-0.3, -0.25) is 4.90 Å². The Morgan fingerprint density at radius 3 is 2.92 bits per heavy atom. The number of carbonyl (C=O) groups is 1. The van der Waals surface area contributed by atoms with E-state index in [0.29, 0.717) is 5.69 Å². The van der Waals surface area contributed by atoms with Crippen molar-refractivity contribution in [2.45, 2.75) is 0 Å². The minimum Gasteiger partial charge on any atom is -0.269 e. The van der Waals surface area contributed by atoms with Crippen molar-refractivity contribution in [1.82, 2.24) is 0 Å². The maximum absolute atomic E-state index is 12.7. The van der Waals surface area contributed by atoms with Gasteiger partial charge >= 0.3 is 6.03 Å². The highest BCUT2D eigenvalue weighted by Gasteiger charge is 2.19. The van der Waals surface area contributed by atoms with Gasteiger partial charge in [0, 0.05) is 0 Å². The summed E-state index contributed by atoms with van der Waals surface area (Å²) < 4.78 is 12.7. The number of anilines is 1. The zero-order valence-electron chi connectivity index (χ0n) is 6.64. The molecule has 0 spiro atoms. The largest absolute Gasteiger partial charge is 0.367 e. The predicted octanol–water partition coefficient (Wildman–Crippen LogP) is 2.18. The van der Waals surface area contributed by atoms with E-state index in [2.05, 4.69) is 10.2 Å². The predicted molar refractivity (Wildman–Crippen MR) is 44.0 cm³/mol. The number of carbonyl (C=O) groups excluding carboxylic acids is 1. The lowest BCUT2D eigenvalue weighted by molar-refractivity contribution is 0.256. The number of azo groups is 1. The first-order chi connectivity index (χ1) is 6.27. The summed E-state index contributed by atoms with van der Waals surface area (Å²) in [7, 11) is 0. The van der Waals surface area contributed by atoms with Gasteiger partial charge in [-0.25, -0.2) is 9.18 Å². The Balaban J connectivity index is 2.31. The van der Waals surface area contributed by atoms with Gasteiger partial charge in [0.05, 0.1) is 5.69 Å². The van der Waals surface area contributed by atoms with Crippen molar-refractivity contribution >= 4 is 11.7 Å². The molecule has 0 radical (unpaired) electrons. The molecule has 66 valence electrons. The highest BCUT2D eigenvalue weighted by Crippen LogP contribution is 2.19. The van der Waals surface area contributed by atoms with E-state index in [9.17, 15) is 9.18 Å². The number of nitrogens with zero attached hydrogens (tertiary/aromatic N) is 3. The third-order valence-corrected chi connectivity index (χ3v) is 1.71. The molecule has 0 aromatic heterocycles. The highest BCUT2D eigenvalue weighted by molar-refractivity contribution is 5.93. The molecule has 5 heteroatoms. The quantitative estimate of drug-likeness (QED) is 0.651. The van der Waals surface area contributed by atoms with Crippen molar-refractivity contribution in [3.8, 4) is 0 Å². The van der Waals surface area contributed by atoms with Crippen LogP contribution >= 0.6 is 0 Å². The van der Waals surface area contributed by atoms with E-state index in [4.69, 9.17) is 0 Å². The summed E-state index contributed by atoms with van der Waals surface area (Å²) in [4.78, 5) is 12.3. The molecule has 1 heterocycles. The van der Waals surface area contributed by atoms with Crippen LogP contribution < -0.4 is 4.90 Å². The number of halogens is 1. The Hall–Kier alpha value is -1.78. The third kappa shape index (κ3) is 1.40. The second-order valence-electron chi connectivity index (χ2n) is 2.57. The Morgan fingerprint density at radius 1 is 1.46 bits per heavy atom. The summed E-state index contributed by atoms with van der Waals surface area (Å²) in [6.07, 6.45) is 0. The number of benzene rings is 1. The first-order valence-corrected chi connectivity index (χ1v) is 3.72. The van der Waals surface area contributed by atoms with E-state index >= 15 is 0 Å². The van der Waals surface area contributed by atoms with Crippen molar-refractivity contribution in [2.75, 3.05) is 11.6 Å². The fourth-order valence-electron chi connectivity index (χ4n) is 1.11. The van der Waals surface area contributed by atoms with Crippen molar-refractivity contribution in [3.05, 3.63) is 30.1 Å². The maximum atomic E-state index is 12.7. The van der Waals surface area contributed by atoms with Crippen LogP contribution in [-0.2, 0) is 0 Å². The summed E-state index contributed by atoms with van der Waals surface area (Å²) >= 11 is 0. The fraction of sp³-hybridized carbons (Fsp3) is 0.125. The molecule has 0 saturated carbocycles. The number of rotatable bonds is 1. The van der Waals surface area contributed by atoms with E-state index in [0.717, 1.165) is 0 Å². The molecule has 0 aliphatic carbocycles. The molecule has 0 N–H and O–H groups in total. The molecule has 0 bridgehead atoms. The highest BCUT2D eigenvalue weighted by atomic mass is 19.1. The SMILES string of the molecule is O=C1N=NCN1c1cccc(F)c1. The molecule has 1 aliphatic rings. The van der Waals surface area contributed by atoms with Crippen LogP contribution in [0.1, 0.15) is 0 Å². The average Bonchev–Trinajstić information content (AvgIpc) is 2.51. The summed E-state index contributed by atoms with van der Waals surface area (Å²) in [6.45, 7) is 0.169. The smallest absolute Gasteiger partial charge is 0.269 e. The topological polar surface area (TPSA) is 45.0 Å². The van der Waals surface area contributed by atoms with Gasteiger partial charge < -0.3 is 0 Å². The summed E-state index contributed by atoms with van der Waals surface area (Å²) in [6, 6.07) is 5.31. The standard InChI is InChI=1S/C8H6FN3O/c9-6-2-1-3-7(4-6)12-5-10-11-8(12)13/h1-4H,5H2. The summed E-state index contributed by atoms with van der Waals surface area (Å²) in [5.74, 6) is -0.378. The number of hydrogen-bond acceptors (Lipinski definition) is 2. The van der Waals surface area contributed by atoms with E-state index in [-0.39, 0.29) is 12.5 Å². The lowest BCUT2D eigenvalue weighted by Gasteiger charge is -2.11. The molecule has 1 aromatic carbocycles. The Bertz CT molecular complexity index is 377. The van der Waals surface area contributed by atoms with Gasteiger partial charge in [-0.2, -0.15) is 5.11 Å². The van der Waals surface area contributed by atoms with Crippen LogP contribution in [0.15, 0.2) is 34.5 Å². The maximum Gasteiger partial charge on any atom is 0.367 e. The molecule has 0 fully saturated rings. The van der Waals surface area contributed by atoms with Crippen LogP contribution in [-0.4, -0.2) is 12.7 Å². The van der Waals surface area contributed by atoms with Gasteiger partial charge in [0.2, 0.25) is 0 Å². The molecule has 2 rings (SSSR count). The van der Waals surface area contributed by atoms with Gasteiger partial charge in [-0.05, 0) is 18.2 Å².